The number of aromatic nitrogens is 1. The molecule has 1 aromatic carbocycles. The molecule has 2 aliphatic rings. The zero-order chi connectivity index (χ0) is 19.3. The number of imide groups is 1. The number of amides is 2. The topological polar surface area (TPSA) is 71.9 Å². The Morgan fingerprint density at radius 1 is 1.11 bits per heavy atom. The summed E-state index contributed by atoms with van der Waals surface area (Å²) in [5, 5.41) is 3.35. The van der Waals surface area contributed by atoms with E-state index in [0.717, 1.165) is 4.90 Å². The van der Waals surface area contributed by atoms with Gasteiger partial charge in [0, 0.05) is 6.20 Å². The number of benzene rings is 1. The van der Waals surface area contributed by atoms with Gasteiger partial charge in [0.05, 0.1) is 16.3 Å². The first-order valence-corrected chi connectivity index (χ1v) is 8.06. The van der Waals surface area contributed by atoms with Gasteiger partial charge in [-0.3, -0.25) is 14.6 Å². The van der Waals surface area contributed by atoms with Crippen LogP contribution >= 0.6 is 11.6 Å². The first kappa shape index (κ1) is 17.5. The highest BCUT2D eigenvalue weighted by Crippen LogP contribution is 2.37. The minimum atomic E-state index is -4.62. The normalized spacial score (nSPS) is 21.9. The largest absolute Gasteiger partial charge is 0.417 e. The molecule has 0 spiro atoms. The summed E-state index contributed by atoms with van der Waals surface area (Å²) >= 11 is 5.93. The van der Waals surface area contributed by atoms with Crippen molar-refractivity contribution in [3.8, 4) is 0 Å². The number of rotatable bonds is 2. The number of pyridine rings is 1. The number of hydrogen-bond acceptors (Lipinski definition) is 5. The van der Waals surface area contributed by atoms with Crippen molar-refractivity contribution in [2.24, 2.45) is 11.1 Å². The second kappa shape index (κ2) is 6.05. The van der Waals surface area contributed by atoms with E-state index < -0.39 is 35.6 Å². The maximum Gasteiger partial charge on any atom is 0.417 e. The minimum Gasteiger partial charge on any atom is -0.381 e. The van der Waals surface area contributed by atoms with Crippen molar-refractivity contribution in [1.29, 1.82) is 0 Å². The molecule has 1 fully saturated rings. The van der Waals surface area contributed by atoms with Crippen LogP contribution in [0.1, 0.15) is 11.3 Å². The fourth-order valence-corrected chi connectivity index (χ4v) is 3.25. The van der Waals surface area contributed by atoms with Gasteiger partial charge in [0.1, 0.15) is 17.3 Å². The average molecular weight is 396 g/mol. The number of hydrogen-bond donors (Lipinski definition) is 0. The van der Waals surface area contributed by atoms with Gasteiger partial charge in [-0.15, -0.1) is 0 Å². The fraction of sp³-hybridized carbons (Fsp3) is 0.176. The van der Waals surface area contributed by atoms with E-state index in [4.69, 9.17) is 16.4 Å². The third kappa shape index (κ3) is 2.74. The van der Waals surface area contributed by atoms with E-state index in [-0.39, 0.29) is 16.4 Å². The third-order valence-electron chi connectivity index (χ3n) is 4.24. The quantitative estimate of drug-likeness (QED) is 0.733. The molecule has 1 aromatic heterocycles. The van der Waals surface area contributed by atoms with E-state index in [1.165, 1.54) is 0 Å². The molecule has 3 heterocycles. The fourth-order valence-electron chi connectivity index (χ4n) is 2.99. The molecule has 0 saturated carbocycles. The van der Waals surface area contributed by atoms with Crippen LogP contribution < -0.4 is 4.90 Å². The standard InChI is InChI=1S/C17H9ClF3N3O3/c18-10-6-8(17(19,20)21)7-22-12(10)13-11-14(27-23-13)16(26)24(15(11)25)9-4-2-1-3-5-9/h1-7,11,14H/t11-,14+/m0/s1. The lowest BCUT2D eigenvalue weighted by Crippen LogP contribution is -2.33. The van der Waals surface area contributed by atoms with Crippen molar-refractivity contribution < 1.29 is 27.6 Å². The summed E-state index contributed by atoms with van der Waals surface area (Å²) in [6.07, 6.45) is -5.23. The molecule has 10 heteroatoms. The van der Waals surface area contributed by atoms with Crippen LogP contribution in [0.15, 0.2) is 47.8 Å². The van der Waals surface area contributed by atoms with Gasteiger partial charge in [0.25, 0.3) is 5.91 Å². The Morgan fingerprint density at radius 3 is 2.44 bits per heavy atom. The molecule has 0 N–H and O–H groups in total. The highest BCUT2D eigenvalue weighted by Gasteiger charge is 2.56. The Kier molecular flexibility index (Phi) is 3.92. The maximum absolute atomic E-state index is 12.8. The highest BCUT2D eigenvalue weighted by molar-refractivity contribution is 6.37. The van der Waals surface area contributed by atoms with Crippen molar-refractivity contribution in [3.05, 3.63) is 58.9 Å². The van der Waals surface area contributed by atoms with Crippen LogP contribution in [0, 0.1) is 5.92 Å². The molecule has 4 rings (SSSR count). The summed E-state index contributed by atoms with van der Waals surface area (Å²) in [6, 6.07) is 8.90. The SMILES string of the molecule is O=C1[C@H]2C(c3ncc(C(F)(F)F)cc3Cl)=NO[C@H]2C(=O)N1c1ccccc1. The molecule has 0 unspecified atom stereocenters. The Balaban J connectivity index is 1.70. The molecule has 2 amide bonds. The van der Waals surface area contributed by atoms with Crippen molar-refractivity contribution >= 4 is 34.8 Å². The van der Waals surface area contributed by atoms with Gasteiger partial charge in [-0.25, -0.2) is 4.90 Å². The van der Waals surface area contributed by atoms with Crippen LogP contribution in [0.4, 0.5) is 18.9 Å². The Morgan fingerprint density at radius 2 is 1.81 bits per heavy atom. The second-order valence-electron chi connectivity index (χ2n) is 5.88. The van der Waals surface area contributed by atoms with E-state index in [2.05, 4.69) is 10.1 Å². The molecular weight excluding hydrogens is 387 g/mol. The van der Waals surface area contributed by atoms with Gasteiger partial charge in [0.15, 0.2) is 0 Å². The molecule has 6 nitrogen and oxygen atoms in total. The first-order chi connectivity index (χ1) is 12.8. The van der Waals surface area contributed by atoms with E-state index in [1.54, 1.807) is 30.3 Å². The van der Waals surface area contributed by atoms with Gasteiger partial charge < -0.3 is 4.84 Å². The molecule has 138 valence electrons. The van der Waals surface area contributed by atoms with Gasteiger partial charge in [0.2, 0.25) is 12.0 Å². The van der Waals surface area contributed by atoms with Crippen molar-refractivity contribution in [1.82, 2.24) is 4.98 Å². The molecule has 0 bridgehead atoms. The molecule has 1 saturated heterocycles. The molecule has 2 atom stereocenters. The summed E-state index contributed by atoms with van der Waals surface area (Å²) < 4.78 is 38.4. The number of fused-ring (bicyclic) bond motifs is 1. The number of halogens is 4. The maximum atomic E-state index is 12.8. The minimum absolute atomic E-state index is 0.0736. The van der Waals surface area contributed by atoms with E-state index in [0.29, 0.717) is 18.0 Å². The number of carbonyl (C=O) groups excluding carboxylic acids is 2. The smallest absolute Gasteiger partial charge is 0.381 e. The number of alkyl halides is 3. The third-order valence-corrected chi connectivity index (χ3v) is 4.53. The molecule has 0 radical (unpaired) electrons. The lowest BCUT2D eigenvalue weighted by atomic mass is 9.96. The summed E-state index contributed by atoms with van der Waals surface area (Å²) in [4.78, 5) is 35.1. The van der Waals surface area contributed by atoms with Crippen LogP contribution in [0.5, 0.6) is 0 Å². The Hall–Kier alpha value is -2.94. The molecule has 2 aliphatic heterocycles. The predicted octanol–water partition coefficient (Wildman–Crippen LogP) is 3.05. The summed E-state index contributed by atoms with van der Waals surface area (Å²) in [7, 11) is 0. The Labute approximate surface area is 155 Å². The van der Waals surface area contributed by atoms with Gasteiger partial charge in [-0.2, -0.15) is 13.2 Å². The highest BCUT2D eigenvalue weighted by atomic mass is 35.5. The van der Waals surface area contributed by atoms with E-state index in [9.17, 15) is 22.8 Å². The number of oxime groups is 1. The number of anilines is 1. The lowest BCUT2D eigenvalue weighted by Gasteiger charge is -2.15. The monoisotopic (exact) mass is 395 g/mol. The van der Waals surface area contributed by atoms with Crippen molar-refractivity contribution in [3.63, 3.8) is 0 Å². The van der Waals surface area contributed by atoms with Gasteiger partial charge >= 0.3 is 6.18 Å². The molecule has 27 heavy (non-hydrogen) atoms. The number of nitrogens with zero attached hydrogens (tertiary/aromatic N) is 3. The van der Waals surface area contributed by atoms with Crippen LogP contribution in [-0.4, -0.2) is 28.6 Å². The van der Waals surface area contributed by atoms with Gasteiger partial charge in [-0.1, -0.05) is 35.0 Å². The van der Waals surface area contributed by atoms with Crippen molar-refractivity contribution in [2.45, 2.75) is 12.3 Å². The van der Waals surface area contributed by atoms with E-state index in [1.807, 2.05) is 0 Å². The average Bonchev–Trinajstić information content (AvgIpc) is 3.15. The van der Waals surface area contributed by atoms with Gasteiger partial charge in [-0.05, 0) is 18.2 Å². The number of para-hydroxylation sites is 1. The predicted molar refractivity (Wildman–Crippen MR) is 88.1 cm³/mol. The summed E-state index contributed by atoms with van der Waals surface area (Å²) in [6.45, 7) is 0. The van der Waals surface area contributed by atoms with Crippen LogP contribution in [-0.2, 0) is 20.6 Å². The number of carbonyl (C=O) groups is 2. The summed E-state index contributed by atoms with van der Waals surface area (Å²) in [5.41, 5.74) is -0.882. The van der Waals surface area contributed by atoms with Crippen molar-refractivity contribution in [2.75, 3.05) is 4.90 Å². The molecule has 0 aliphatic carbocycles. The van der Waals surface area contributed by atoms with Crippen LogP contribution in [0.25, 0.3) is 0 Å². The lowest BCUT2D eigenvalue weighted by molar-refractivity contribution is -0.137. The zero-order valence-electron chi connectivity index (χ0n) is 13.3. The zero-order valence-corrected chi connectivity index (χ0v) is 14.0. The molecular formula is C17H9ClF3N3O3. The van der Waals surface area contributed by atoms with Crippen LogP contribution in [0.3, 0.4) is 0 Å². The van der Waals surface area contributed by atoms with Crippen LogP contribution in [0.2, 0.25) is 5.02 Å². The second-order valence-corrected chi connectivity index (χ2v) is 6.29. The Bertz CT molecular complexity index is 978. The van der Waals surface area contributed by atoms with E-state index >= 15 is 0 Å². The first-order valence-electron chi connectivity index (χ1n) is 7.68. The molecule has 2 aromatic rings. The summed E-state index contributed by atoms with van der Waals surface area (Å²) in [5.74, 6) is -2.34.